The van der Waals surface area contributed by atoms with Crippen LogP contribution in [0.1, 0.15) is 52.3 Å². The van der Waals surface area contributed by atoms with Gasteiger partial charge in [-0.15, -0.1) is 0 Å². The molecule has 1 amide bonds. The highest BCUT2D eigenvalue weighted by Crippen LogP contribution is 2.41. The molecule has 4 aromatic rings. The van der Waals surface area contributed by atoms with Crippen LogP contribution >= 0.6 is 12.2 Å². The van der Waals surface area contributed by atoms with E-state index in [1.807, 2.05) is 55.6 Å². The lowest BCUT2D eigenvalue weighted by atomic mass is 9.96. The average Bonchev–Trinajstić information content (AvgIpc) is 3.39. The number of hydrogen-bond donors (Lipinski definition) is 2. The van der Waals surface area contributed by atoms with Gasteiger partial charge in [-0.1, -0.05) is 35.9 Å². The quantitative estimate of drug-likeness (QED) is 0.286. The number of hydrogen-bond acceptors (Lipinski definition) is 3. The lowest BCUT2D eigenvalue weighted by Crippen LogP contribution is -2.32. The summed E-state index contributed by atoms with van der Waals surface area (Å²) in [6.45, 7) is 8.92. The van der Waals surface area contributed by atoms with E-state index < -0.39 is 0 Å². The van der Waals surface area contributed by atoms with Crippen molar-refractivity contribution in [2.75, 3.05) is 11.9 Å². The van der Waals surface area contributed by atoms with Crippen LogP contribution in [-0.2, 0) is 4.79 Å². The monoisotopic (exact) mass is 523 g/mol. The second kappa shape index (κ2) is 10.8. The van der Waals surface area contributed by atoms with Crippen LogP contribution in [0.4, 0.5) is 5.69 Å². The molecule has 0 saturated carbocycles. The molecule has 6 nitrogen and oxygen atoms in total. The Hall–Kier alpha value is -3.97. The molecule has 1 fully saturated rings. The first-order valence-corrected chi connectivity index (χ1v) is 13.3. The largest absolute Gasteiger partial charge is 0.352 e. The predicted octanol–water partition coefficient (Wildman–Crippen LogP) is 6.11. The molecular formula is C31H33N5OS. The van der Waals surface area contributed by atoms with E-state index in [0.29, 0.717) is 18.1 Å². The van der Waals surface area contributed by atoms with Crippen LogP contribution in [0.5, 0.6) is 0 Å². The van der Waals surface area contributed by atoms with Crippen LogP contribution in [0, 0.1) is 27.7 Å². The third-order valence-electron chi connectivity index (χ3n) is 7.16. The van der Waals surface area contributed by atoms with Crippen molar-refractivity contribution in [3.8, 4) is 5.69 Å². The van der Waals surface area contributed by atoms with Gasteiger partial charge in [0.15, 0.2) is 5.11 Å². The molecule has 2 atom stereocenters. The Morgan fingerprint density at radius 3 is 2.47 bits per heavy atom. The third-order valence-corrected chi connectivity index (χ3v) is 7.51. The molecule has 0 unspecified atom stereocenters. The zero-order valence-electron chi connectivity index (χ0n) is 22.2. The number of thiocarbonyl (C=S) groups is 1. The van der Waals surface area contributed by atoms with Crippen LogP contribution in [0.2, 0.25) is 0 Å². The minimum atomic E-state index is -0.129. The Bertz CT molecular complexity index is 1460. The summed E-state index contributed by atoms with van der Waals surface area (Å²) in [4.78, 5) is 19.7. The van der Waals surface area contributed by atoms with Crippen molar-refractivity contribution in [2.45, 2.75) is 46.2 Å². The van der Waals surface area contributed by atoms with E-state index in [4.69, 9.17) is 12.2 Å². The summed E-state index contributed by atoms with van der Waals surface area (Å²) in [5, 5.41) is 7.15. The van der Waals surface area contributed by atoms with E-state index in [0.717, 1.165) is 34.0 Å². The molecule has 3 heterocycles. The minimum Gasteiger partial charge on any atom is -0.352 e. The summed E-state index contributed by atoms with van der Waals surface area (Å²) in [7, 11) is 0. The minimum absolute atomic E-state index is 0.0399. The first kappa shape index (κ1) is 25.7. The number of pyridine rings is 1. The Morgan fingerprint density at radius 2 is 1.76 bits per heavy atom. The van der Waals surface area contributed by atoms with Gasteiger partial charge < -0.3 is 20.1 Å². The highest BCUT2D eigenvalue weighted by atomic mass is 32.1. The van der Waals surface area contributed by atoms with Crippen LogP contribution in [-0.4, -0.2) is 32.0 Å². The number of nitrogens with one attached hydrogen (secondary N) is 2. The number of carbonyl (C=O) groups excluding carboxylic acids is 1. The van der Waals surface area contributed by atoms with Crippen LogP contribution in [0.25, 0.3) is 5.69 Å². The van der Waals surface area contributed by atoms with E-state index in [1.165, 1.54) is 11.1 Å². The summed E-state index contributed by atoms with van der Waals surface area (Å²) >= 11 is 5.83. The fraction of sp³-hybridized carbons (Fsp3) is 0.258. The summed E-state index contributed by atoms with van der Waals surface area (Å²) in [5.74, 6) is -0.0399. The number of amides is 1. The first-order valence-electron chi connectivity index (χ1n) is 12.9. The zero-order chi connectivity index (χ0) is 26.8. The fourth-order valence-electron chi connectivity index (χ4n) is 5.32. The van der Waals surface area contributed by atoms with E-state index in [-0.39, 0.29) is 18.0 Å². The predicted molar refractivity (Wildman–Crippen MR) is 157 cm³/mol. The molecule has 0 radical (unpaired) electrons. The van der Waals surface area contributed by atoms with Crippen molar-refractivity contribution >= 4 is 28.9 Å². The number of carbonyl (C=O) groups is 1. The van der Waals surface area contributed by atoms with Gasteiger partial charge in [0, 0.05) is 41.9 Å². The molecule has 1 aliphatic rings. The summed E-state index contributed by atoms with van der Waals surface area (Å²) in [5.41, 5.74) is 8.71. The Morgan fingerprint density at radius 1 is 0.974 bits per heavy atom. The lowest BCUT2D eigenvalue weighted by molar-refractivity contribution is -0.116. The maximum absolute atomic E-state index is 12.9. The SMILES string of the molecule is Cc1ccc(NC(=O)CCN2C(=S)N[C@@H](c3ccccn3)[C@@H]2c2cc(C)n(-c3cccc(C)c3)c2C)cc1. The van der Waals surface area contributed by atoms with Crippen LogP contribution in [0.3, 0.4) is 0 Å². The Kier molecular flexibility index (Phi) is 7.29. The number of rotatable bonds is 7. The van der Waals surface area contributed by atoms with Crippen molar-refractivity contribution < 1.29 is 4.79 Å². The normalized spacial score (nSPS) is 16.9. The second-order valence-electron chi connectivity index (χ2n) is 9.99. The van der Waals surface area contributed by atoms with Gasteiger partial charge in [0.05, 0.1) is 17.8 Å². The van der Waals surface area contributed by atoms with Gasteiger partial charge in [-0.05, 0) is 93.5 Å². The summed E-state index contributed by atoms with van der Waals surface area (Å²) < 4.78 is 2.29. The second-order valence-corrected chi connectivity index (χ2v) is 10.4. The summed E-state index contributed by atoms with van der Waals surface area (Å²) in [6, 6.07) is 24.3. The number of anilines is 1. The highest BCUT2D eigenvalue weighted by Gasteiger charge is 2.41. The van der Waals surface area contributed by atoms with Crippen LogP contribution < -0.4 is 10.6 Å². The smallest absolute Gasteiger partial charge is 0.226 e. The molecule has 2 N–H and O–H groups in total. The topological polar surface area (TPSA) is 62.2 Å². The molecule has 2 aromatic heterocycles. The zero-order valence-corrected chi connectivity index (χ0v) is 23.0. The molecule has 0 aliphatic carbocycles. The summed E-state index contributed by atoms with van der Waals surface area (Å²) in [6.07, 6.45) is 2.13. The van der Waals surface area contributed by atoms with Gasteiger partial charge in [0.1, 0.15) is 0 Å². The lowest BCUT2D eigenvalue weighted by Gasteiger charge is -2.28. The molecule has 1 aliphatic heterocycles. The molecule has 0 spiro atoms. The van der Waals surface area contributed by atoms with Crippen molar-refractivity contribution in [3.05, 3.63) is 113 Å². The molecular weight excluding hydrogens is 490 g/mol. The van der Waals surface area contributed by atoms with Gasteiger partial charge in [0.25, 0.3) is 0 Å². The average molecular weight is 524 g/mol. The van der Waals surface area contributed by atoms with Crippen molar-refractivity contribution in [3.63, 3.8) is 0 Å². The van der Waals surface area contributed by atoms with Crippen molar-refractivity contribution in [1.82, 2.24) is 19.8 Å². The van der Waals surface area contributed by atoms with E-state index in [2.05, 4.69) is 76.2 Å². The molecule has 194 valence electrons. The molecule has 5 rings (SSSR count). The van der Waals surface area contributed by atoms with Crippen molar-refractivity contribution in [2.24, 2.45) is 0 Å². The maximum Gasteiger partial charge on any atom is 0.226 e. The van der Waals surface area contributed by atoms with Crippen LogP contribution in [0.15, 0.2) is 79.0 Å². The number of aromatic nitrogens is 2. The fourth-order valence-corrected chi connectivity index (χ4v) is 5.65. The molecule has 2 aromatic carbocycles. The van der Waals surface area contributed by atoms with Gasteiger partial charge in [0.2, 0.25) is 5.91 Å². The van der Waals surface area contributed by atoms with E-state index >= 15 is 0 Å². The first-order chi connectivity index (χ1) is 18.3. The Labute approximate surface area is 229 Å². The molecule has 0 bridgehead atoms. The molecule has 7 heteroatoms. The highest BCUT2D eigenvalue weighted by molar-refractivity contribution is 7.80. The van der Waals surface area contributed by atoms with Gasteiger partial charge in [-0.2, -0.15) is 0 Å². The van der Waals surface area contributed by atoms with E-state index in [1.54, 1.807) is 0 Å². The van der Waals surface area contributed by atoms with Gasteiger partial charge in [-0.3, -0.25) is 9.78 Å². The number of aryl methyl sites for hydroxylation is 3. The van der Waals surface area contributed by atoms with Gasteiger partial charge >= 0.3 is 0 Å². The standard InChI is InChI=1S/C31H33N5OS/c1-20-11-13-24(14-12-20)33-28(37)15-17-35-30(29(34-31(35)38)27-10-5-6-16-32-27)26-19-22(3)36(23(26)4)25-9-7-8-21(2)18-25/h5-14,16,18-19,29-30H,15,17H2,1-4H3,(H,33,37)(H,34,38)/t29-,30-/m0/s1. The molecule has 38 heavy (non-hydrogen) atoms. The third kappa shape index (κ3) is 5.20. The Balaban J connectivity index is 1.46. The number of benzene rings is 2. The van der Waals surface area contributed by atoms with Crippen molar-refractivity contribution in [1.29, 1.82) is 0 Å². The van der Waals surface area contributed by atoms with Gasteiger partial charge in [-0.25, -0.2) is 0 Å². The maximum atomic E-state index is 12.9. The number of nitrogens with zero attached hydrogens (tertiary/aromatic N) is 3. The van der Waals surface area contributed by atoms with E-state index in [9.17, 15) is 4.79 Å². The molecule has 1 saturated heterocycles.